The quantitative estimate of drug-likeness (QED) is 0.795. The summed E-state index contributed by atoms with van der Waals surface area (Å²) in [7, 11) is 0. The van der Waals surface area contributed by atoms with Gasteiger partial charge in [0.05, 0.1) is 5.60 Å². The van der Waals surface area contributed by atoms with Crippen molar-refractivity contribution in [1.82, 2.24) is 0 Å². The molecule has 0 aromatic heterocycles. The van der Waals surface area contributed by atoms with Crippen molar-refractivity contribution in [3.63, 3.8) is 0 Å². The van der Waals surface area contributed by atoms with Crippen LogP contribution in [0.5, 0.6) is 5.75 Å². The minimum absolute atomic E-state index is 0.0355. The molecule has 0 aliphatic heterocycles. The summed E-state index contributed by atoms with van der Waals surface area (Å²) in [5.74, 6) is 0.751. The van der Waals surface area contributed by atoms with Crippen LogP contribution in [0.2, 0.25) is 0 Å². The molecule has 1 rings (SSSR count). The summed E-state index contributed by atoms with van der Waals surface area (Å²) in [5.41, 5.74) is 6.00. The predicted octanol–water partition coefficient (Wildman–Crippen LogP) is 1.86. The lowest BCUT2D eigenvalue weighted by molar-refractivity contribution is 0.0285. The van der Waals surface area contributed by atoms with Crippen molar-refractivity contribution in [3.05, 3.63) is 29.8 Å². The molecule has 0 unspecified atom stereocenters. The minimum atomic E-state index is -0.806. The molecule has 1 atom stereocenters. The monoisotopic (exact) mass is 209 g/mol. The second-order valence-corrected chi connectivity index (χ2v) is 4.46. The van der Waals surface area contributed by atoms with E-state index in [0.29, 0.717) is 0 Å². The van der Waals surface area contributed by atoms with Gasteiger partial charge in [0.2, 0.25) is 0 Å². The van der Waals surface area contributed by atoms with E-state index in [0.717, 1.165) is 11.3 Å². The molecule has 1 aromatic rings. The molecule has 84 valence electrons. The summed E-state index contributed by atoms with van der Waals surface area (Å²) in [6.45, 7) is 5.64. The zero-order valence-electron chi connectivity index (χ0n) is 9.53. The lowest BCUT2D eigenvalue weighted by Crippen LogP contribution is -2.27. The van der Waals surface area contributed by atoms with Crippen LogP contribution in [0.1, 0.15) is 32.4 Å². The van der Waals surface area contributed by atoms with Gasteiger partial charge in [-0.1, -0.05) is 12.1 Å². The molecule has 0 fully saturated rings. The molecule has 0 saturated heterocycles. The highest BCUT2D eigenvalue weighted by Crippen LogP contribution is 2.17. The second kappa shape index (κ2) is 4.64. The lowest BCUT2D eigenvalue weighted by Gasteiger charge is -2.18. The first-order chi connectivity index (χ1) is 6.88. The highest BCUT2D eigenvalue weighted by Gasteiger charge is 2.13. The smallest absolute Gasteiger partial charge is 0.119 e. The number of aliphatic hydroxyl groups is 1. The van der Waals surface area contributed by atoms with Crippen molar-refractivity contribution in [1.29, 1.82) is 0 Å². The zero-order chi connectivity index (χ0) is 11.5. The van der Waals surface area contributed by atoms with Gasteiger partial charge in [-0.3, -0.25) is 0 Å². The number of ether oxygens (including phenoxy) is 1. The Labute approximate surface area is 90.9 Å². The minimum Gasteiger partial charge on any atom is -0.491 e. The molecule has 3 heteroatoms. The van der Waals surface area contributed by atoms with Crippen LogP contribution in [-0.4, -0.2) is 17.3 Å². The van der Waals surface area contributed by atoms with Gasteiger partial charge in [-0.2, -0.15) is 0 Å². The Morgan fingerprint density at radius 1 is 1.33 bits per heavy atom. The van der Waals surface area contributed by atoms with Crippen LogP contribution in [-0.2, 0) is 0 Å². The van der Waals surface area contributed by atoms with Crippen molar-refractivity contribution in [2.75, 3.05) is 6.61 Å². The lowest BCUT2D eigenvalue weighted by atomic mass is 10.1. The Morgan fingerprint density at radius 3 is 2.27 bits per heavy atom. The normalized spacial score (nSPS) is 13.7. The van der Waals surface area contributed by atoms with Crippen LogP contribution in [0.3, 0.4) is 0 Å². The summed E-state index contributed by atoms with van der Waals surface area (Å²) >= 11 is 0. The van der Waals surface area contributed by atoms with Crippen molar-refractivity contribution >= 4 is 0 Å². The number of hydrogen-bond donors (Lipinski definition) is 2. The zero-order valence-corrected chi connectivity index (χ0v) is 9.53. The molecule has 0 aliphatic carbocycles. The molecule has 0 saturated carbocycles. The third-order valence-corrected chi connectivity index (χ3v) is 2.00. The molecule has 0 heterocycles. The van der Waals surface area contributed by atoms with Crippen molar-refractivity contribution in [2.24, 2.45) is 5.73 Å². The summed E-state index contributed by atoms with van der Waals surface area (Å²) in [6.07, 6.45) is 0. The van der Waals surface area contributed by atoms with E-state index in [1.54, 1.807) is 13.8 Å². The molecule has 15 heavy (non-hydrogen) atoms. The third-order valence-electron chi connectivity index (χ3n) is 2.00. The summed E-state index contributed by atoms with van der Waals surface area (Å²) in [5, 5.41) is 9.48. The molecule has 0 aliphatic rings. The number of hydrogen-bond acceptors (Lipinski definition) is 3. The SMILES string of the molecule is C[C@@H](N)c1ccc(OCC(C)(C)O)cc1. The van der Waals surface area contributed by atoms with Gasteiger partial charge in [0, 0.05) is 6.04 Å². The van der Waals surface area contributed by atoms with Crippen molar-refractivity contribution < 1.29 is 9.84 Å². The topological polar surface area (TPSA) is 55.5 Å². The summed E-state index contributed by atoms with van der Waals surface area (Å²) < 4.78 is 5.41. The van der Waals surface area contributed by atoms with E-state index in [1.165, 1.54) is 0 Å². The van der Waals surface area contributed by atoms with Gasteiger partial charge in [-0.25, -0.2) is 0 Å². The highest BCUT2D eigenvalue weighted by atomic mass is 16.5. The Bertz CT molecular complexity index is 298. The molecule has 0 amide bonds. The van der Waals surface area contributed by atoms with E-state index in [2.05, 4.69) is 0 Å². The fourth-order valence-corrected chi connectivity index (χ4v) is 1.13. The van der Waals surface area contributed by atoms with Gasteiger partial charge in [-0.15, -0.1) is 0 Å². The molecule has 1 aromatic carbocycles. The maximum Gasteiger partial charge on any atom is 0.119 e. The fourth-order valence-electron chi connectivity index (χ4n) is 1.13. The van der Waals surface area contributed by atoms with E-state index in [9.17, 15) is 5.11 Å². The Balaban J connectivity index is 2.57. The first kappa shape index (κ1) is 12.0. The first-order valence-electron chi connectivity index (χ1n) is 5.09. The van der Waals surface area contributed by atoms with Gasteiger partial charge in [0.1, 0.15) is 12.4 Å². The standard InChI is InChI=1S/C12H19NO2/c1-9(13)10-4-6-11(7-5-10)15-8-12(2,3)14/h4-7,9,14H,8,13H2,1-3H3/t9-/m1/s1. The molecular weight excluding hydrogens is 190 g/mol. The number of rotatable bonds is 4. The Morgan fingerprint density at radius 2 is 1.87 bits per heavy atom. The van der Waals surface area contributed by atoms with Crippen LogP contribution >= 0.6 is 0 Å². The number of nitrogens with two attached hydrogens (primary N) is 1. The van der Waals surface area contributed by atoms with E-state index in [-0.39, 0.29) is 12.6 Å². The average molecular weight is 209 g/mol. The molecule has 0 bridgehead atoms. The van der Waals surface area contributed by atoms with Gasteiger partial charge in [-0.05, 0) is 38.5 Å². The third kappa shape index (κ3) is 4.32. The van der Waals surface area contributed by atoms with Gasteiger partial charge in [0.15, 0.2) is 0 Å². The first-order valence-corrected chi connectivity index (χ1v) is 5.09. The van der Waals surface area contributed by atoms with Gasteiger partial charge < -0.3 is 15.6 Å². The van der Waals surface area contributed by atoms with Crippen LogP contribution in [0.25, 0.3) is 0 Å². The molecule has 0 radical (unpaired) electrons. The van der Waals surface area contributed by atoms with Crippen LogP contribution in [0.15, 0.2) is 24.3 Å². The van der Waals surface area contributed by atoms with E-state index in [1.807, 2.05) is 31.2 Å². The maximum atomic E-state index is 9.48. The average Bonchev–Trinajstić information content (AvgIpc) is 2.14. The van der Waals surface area contributed by atoms with E-state index >= 15 is 0 Å². The molecule has 3 nitrogen and oxygen atoms in total. The van der Waals surface area contributed by atoms with Crippen molar-refractivity contribution in [2.45, 2.75) is 32.4 Å². The number of benzene rings is 1. The molecule has 3 N–H and O–H groups in total. The highest BCUT2D eigenvalue weighted by molar-refractivity contribution is 5.28. The van der Waals surface area contributed by atoms with E-state index in [4.69, 9.17) is 10.5 Å². The Kier molecular flexibility index (Phi) is 3.72. The maximum absolute atomic E-state index is 9.48. The Hall–Kier alpha value is -1.06. The summed E-state index contributed by atoms with van der Waals surface area (Å²) in [6, 6.07) is 7.64. The van der Waals surface area contributed by atoms with Gasteiger partial charge in [0.25, 0.3) is 0 Å². The molecule has 0 spiro atoms. The second-order valence-electron chi connectivity index (χ2n) is 4.46. The fraction of sp³-hybridized carbons (Fsp3) is 0.500. The van der Waals surface area contributed by atoms with Crippen LogP contribution < -0.4 is 10.5 Å². The van der Waals surface area contributed by atoms with Crippen LogP contribution in [0, 0.1) is 0 Å². The van der Waals surface area contributed by atoms with Crippen molar-refractivity contribution in [3.8, 4) is 5.75 Å². The van der Waals surface area contributed by atoms with E-state index < -0.39 is 5.60 Å². The van der Waals surface area contributed by atoms with Gasteiger partial charge >= 0.3 is 0 Å². The summed E-state index contributed by atoms with van der Waals surface area (Å²) in [4.78, 5) is 0. The predicted molar refractivity (Wildman–Crippen MR) is 60.8 cm³/mol. The van der Waals surface area contributed by atoms with Crippen LogP contribution in [0.4, 0.5) is 0 Å². The largest absolute Gasteiger partial charge is 0.491 e. The molecular formula is C12H19NO2.